The molecule has 0 bridgehead atoms. The first kappa shape index (κ1) is 16.7. The van der Waals surface area contributed by atoms with E-state index in [-0.39, 0.29) is 5.91 Å². The normalized spacial score (nSPS) is 10.5. The van der Waals surface area contributed by atoms with Crippen LogP contribution >= 0.6 is 22.7 Å². The molecule has 3 aromatic rings. The number of carbonyl (C=O) groups excluding carboxylic acids is 1. The second-order valence-electron chi connectivity index (χ2n) is 5.35. The largest absolute Gasteiger partial charge is 0.431 e. The Labute approximate surface area is 149 Å². The minimum absolute atomic E-state index is 0.0749. The topological polar surface area (TPSA) is 51.2 Å². The molecule has 1 amide bonds. The third-order valence-electron chi connectivity index (χ3n) is 3.58. The smallest absolute Gasteiger partial charge is 0.278 e. The van der Waals surface area contributed by atoms with Gasteiger partial charge >= 0.3 is 0 Å². The van der Waals surface area contributed by atoms with Gasteiger partial charge in [0.05, 0.1) is 0 Å². The molecule has 0 aliphatic carbocycles. The average molecular weight is 358 g/mol. The van der Waals surface area contributed by atoms with Gasteiger partial charge in [-0.3, -0.25) is 4.79 Å². The number of nitrogens with zero attached hydrogens (tertiary/aromatic N) is 1. The number of amides is 1. The van der Waals surface area contributed by atoms with E-state index < -0.39 is 0 Å². The van der Waals surface area contributed by atoms with Gasteiger partial charge in [-0.25, -0.2) is 4.98 Å². The highest BCUT2D eigenvalue weighted by atomic mass is 32.1. The minimum Gasteiger partial charge on any atom is -0.431 e. The molecule has 24 heavy (non-hydrogen) atoms. The first-order valence-corrected chi connectivity index (χ1v) is 9.42. The Hall–Kier alpha value is -2.18. The summed E-state index contributed by atoms with van der Waals surface area (Å²) in [6.45, 7) is 2.61. The molecule has 0 saturated heterocycles. The molecule has 0 aliphatic heterocycles. The molecule has 0 spiro atoms. The fourth-order valence-electron chi connectivity index (χ4n) is 2.21. The van der Waals surface area contributed by atoms with Crippen LogP contribution in [0.4, 0.5) is 0 Å². The summed E-state index contributed by atoms with van der Waals surface area (Å²) in [7, 11) is 0. The van der Waals surface area contributed by atoms with Crippen LogP contribution in [0.1, 0.15) is 22.4 Å². The summed E-state index contributed by atoms with van der Waals surface area (Å²) in [4.78, 5) is 17.3. The van der Waals surface area contributed by atoms with Crippen LogP contribution in [0, 0.1) is 6.92 Å². The summed E-state index contributed by atoms with van der Waals surface area (Å²) < 4.78 is 5.61. The average Bonchev–Trinajstić information content (AvgIpc) is 3.24. The zero-order valence-electron chi connectivity index (χ0n) is 13.3. The molecule has 0 aliphatic rings. The van der Waals surface area contributed by atoms with E-state index >= 15 is 0 Å². The summed E-state index contributed by atoms with van der Waals surface area (Å²) in [5.74, 6) is 0.819. The monoisotopic (exact) mass is 358 g/mol. The first-order valence-electron chi connectivity index (χ1n) is 7.66. The predicted octanol–water partition coefficient (Wildman–Crippen LogP) is 4.55. The molecule has 0 radical (unpaired) electrons. The molecule has 3 rings (SSSR count). The lowest BCUT2D eigenvalue weighted by molar-refractivity contribution is -0.121. The van der Waals surface area contributed by atoms with Crippen LogP contribution in [0.15, 0.2) is 47.3 Å². The maximum Gasteiger partial charge on any atom is 0.278 e. The van der Waals surface area contributed by atoms with Crippen molar-refractivity contribution in [2.24, 2.45) is 0 Å². The van der Waals surface area contributed by atoms with Gasteiger partial charge in [0, 0.05) is 29.4 Å². The standard InChI is InChI=1S/C18H18N2O2S2/c1-13-8-10-23-16(13)6-7-17(21)20-12-14-2-4-15(5-3-14)22-18-19-9-11-24-18/h2-5,8-11H,6-7,12H2,1H3,(H,20,21). The van der Waals surface area contributed by atoms with Crippen molar-refractivity contribution in [3.05, 3.63) is 63.3 Å². The third kappa shape index (κ3) is 4.66. The van der Waals surface area contributed by atoms with Crippen LogP contribution in [0.25, 0.3) is 0 Å². The Bertz CT molecular complexity index is 780. The number of thiazole rings is 1. The number of aromatic nitrogens is 1. The van der Waals surface area contributed by atoms with Gasteiger partial charge in [0.25, 0.3) is 5.19 Å². The minimum atomic E-state index is 0.0749. The highest BCUT2D eigenvalue weighted by Crippen LogP contribution is 2.23. The molecule has 2 aromatic heterocycles. The molecule has 0 saturated carbocycles. The Morgan fingerprint density at radius 2 is 2.00 bits per heavy atom. The summed E-state index contributed by atoms with van der Waals surface area (Å²) >= 11 is 3.16. The molecular weight excluding hydrogens is 340 g/mol. The van der Waals surface area contributed by atoms with E-state index in [0.717, 1.165) is 17.7 Å². The molecule has 2 heterocycles. The van der Waals surface area contributed by atoms with Crippen molar-refractivity contribution < 1.29 is 9.53 Å². The fraction of sp³-hybridized carbons (Fsp3) is 0.222. The van der Waals surface area contributed by atoms with Gasteiger partial charge in [0.15, 0.2) is 0 Å². The number of aryl methyl sites for hydroxylation is 2. The van der Waals surface area contributed by atoms with E-state index in [0.29, 0.717) is 18.2 Å². The second kappa shape index (κ2) is 8.08. The number of rotatable bonds is 7. The van der Waals surface area contributed by atoms with Crippen LogP contribution in [0.5, 0.6) is 10.9 Å². The van der Waals surface area contributed by atoms with Gasteiger partial charge in [-0.1, -0.05) is 23.5 Å². The van der Waals surface area contributed by atoms with Gasteiger partial charge < -0.3 is 10.1 Å². The van der Waals surface area contributed by atoms with E-state index in [1.165, 1.54) is 21.8 Å². The van der Waals surface area contributed by atoms with Crippen molar-refractivity contribution in [3.8, 4) is 10.9 Å². The van der Waals surface area contributed by atoms with Gasteiger partial charge in [-0.15, -0.1) is 11.3 Å². The molecule has 0 fully saturated rings. The number of benzene rings is 1. The summed E-state index contributed by atoms with van der Waals surface area (Å²) in [5.41, 5.74) is 2.31. The van der Waals surface area contributed by atoms with Crippen LogP contribution in [-0.2, 0) is 17.8 Å². The zero-order valence-corrected chi connectivity index (χ0v) is 15.0. The number of nitrogens with one attached hydrogen (secondary N) is 1. The van der Waals surface area contributed by atoms with E-state index in [9.17, 15) is 4.79 Å². The Kier molecular flexibility index (Phi) is 5.61. The van der Waals surface area contributed by atoms with E-state index in [4.69, 9.17) is 4.74 Å². The van der Waals surface area contributed by atoms with Gasteiger partial charge in [-0.05, 0) is 48.1 Å². The SMILES string of the molecule is Cc1ccsc1CCC(=O)NCc1ccc(Oc2nccs2)cc1. The Morgan fingerprint density at radius 1 is 1.17 bits per heavy atom. The highest BCUT2D eigenvalue weighted by Gasteiger charge is 2.06. The lowest BCUT2D eigenvalue weighted by atomic mass is 10.2. The summed E-state index contributed by atoms with van der Waals surface area (Å²) in [6.07, 6.45) is 3.03. The maximum absolute atomic E-state index is 12.0. The van der Waals surface area contributed by atoms with Crippen molar-refractivity contribution in [1.82, 2.24) is 10.3 Å². The van der Waals surface area contributed by atoms with Crippen LogP contribution < -0.4 is 10.1 Å². The lowest BCUT2D eigenvalue weighted by Gasteiger charge is -2.07. The Morgan fingerprint density at radius 3 is 2.67 bits per heavy atom. The number of ether oxygens (including phenoxy) is 1. The quantitative estimate of drug-likeness (QED) is 0.674. The van der Waals surface area contributed by atoms with Gasteiger partial charge in [-0.2, -0.15) is 0 Å². The van der Waals surface area contributed by atoms with Crippen molar-refractivity contribution in [2.75, 3.05) is 0 Å². The maximum atomic E-state index is 12.0. The number of hydrogen-bond acceptors (Lipinski definition) is 5. The number of carbonyl (C=O) groups is 1. The lowest BCUT2D eigenvalue weighted by Crippen LogP contribution is -2.22. The van der Waals surface area contributed by atoms with Crippen LogP contribution in [0.3, 0.4) is 0 Å². The van der Waals surface area contributed by atoms with Crippen molar-refractivity contribution in [3.63, 3.8) is 0 Å². The fourth-order valence-corrected chi connectivity index (χ4v) is 3.63. The molecule has 0 unspecified atom stereocenters. The van der Waals surface area contributed by atoms with Gasteiger partial charge in [0.1, 0.15) is 5.75 Å². The Balaban J connectivity index is 1.44. The highest BCUT2D eigenvalue weighted by molar-refractivity contribution is 7.11. The molecule has 124 valence electrons. The number of thiophene rings is 1. The molecular formula is C18H18N2O2S2. The van der Waals surface area contributed by atoms with Crippen molar-refractivity contribution >= 4 is 28.6 Å². The molecule has 6 heteroatoms. The van der Waals surface area contributed by atoms with Crippen LogP contribution in [-0.4, -0.2) is 10.9 Å². The first-order chi connectivity index (χ1) is 11.7. The summed E-state index contributed by atoms with van der Waals surface area (Å²) in [5, 5.41) is 7.52. The number of hydrogen-bond donors (Lipinski definition) is 1. The predicted molar refractivity (Wildman–Crippen MR) is 97.9 cm³/mol. The second-order valence-corrected chi connectivity index (χ2v) is 7.21. The van der Waals surface area contributed by atoms with E-state index in [1.807, 2.05) is 29.6 Å². The van der Waals surface area contributed by atoms with Crippen molar-refractivity contribution in [1.29, 1.82) is 0 Å². The van der Waals surface area contributed by atoms with E-state index in [1.54, 1.807) is 17.5 Å². The van der Waals surface area contributed by atoms with Gasteiger partial charge in [0.2, 0.25) is 5.91 Å². The van der Waals surface area contributed by atoms with Crippen molar-refractivity contribution in [2.45, 2.75) is 26.3 Å². The molecule has 1 N–H and O–H groups in total. The summed E-state index contributed by atoms with van der Waals surface area (Å²) in [6, 6.07) is 9.77. The third-order valence-corrected chi connectivity index (χ3v) is 5.31. The van der Waals surface area contributed by atoms with E-state index in [2.05, 4.69) is 28.7 Å². The van der Waals surface area contributed by atoms with Crippen LogP contribution in [0.2, 0.25) is 0 Å². The zero-order chi connectivity index (χ0) is 16.8. The molecule has 0 atom stereocenters. The molecule has 4 nitrogen and oxygen atoms in total. The molecule has 1 aromatic carbocycles.